The molecule has 9 N–H and O–H groups in total. The minimum atomic E-state index is -1.68. The van der Waals surface area contributed by atoms with Crippen LogP contribution in [0.1, 0.15) is 113 Å². The van der Waals surface area contributed by atoms with Crippen LogP contribution in [0.25, 0.3) is 0 Å². The quantitative estimate of drug-likeness (QED) is 0.145. The zero-order valence-electron chi connectivity index (χ0n) is 34.3. The summed E-state index contributed by atoms with van der Waals surface area (Å²) in [7, 11) is 0. The molecule has 0 spiro atoms. The SMILES string of the molecule is CC(=CCCC(C)(OC1OC(CO)C(O)C(O)C1OC1OC(C)C(O)C(O)C1O)C1CCC2(C)C1CCC1C3(C)CCC(O)C(C)(C)C3C(O)CC12C)CO. The van der Waals surface area contributed by atoms with Crippen molar-refractivity contribution in [2.24, 2.45) is 45.3 Å². The van der Waals surface area contributed by atoms with Crippen molar-refractivity contribution in [2.45, 2.75) is 192 Å². The molecule has 20 unspecified atom stereocenters. The topological polar surface area (TPSA) is 219 Å². The second-order valence-corrected chi connectivity index (χ2v) is 20.0. The minimum Gasteiger partial charge on any atom is -0.394 e. The Balaban J connectivity index is 1.34. The summed E-state index contributed by atoms with van der Waals surface area (Å²) in [5, 5.41) is 97.3. The Morgan fingerprint density at radius 2 is 1.49 bits per heavy atom. The number of fused-ring (bicyclic) bond motifs is 5. The summed E-state index contributed by atoms with van der Waals surface area (Å²) < 4.78 is 25.1. The molecule has 0 amide bonds. The Hall–Kier alpha value is -0.780. The highest BCUT2D eigenvalue weighted by molar-refractivity contribution is 5.20. The summed E-state index contributed by atoms with van der Waals surface area (Å²) in [5.74, 6) is 0.501. The fourth-order valence-electron chi connectivity index (χ4n) is 13.5. The Labute approximate surface area is 327 Å². The number of aliphatic hydroxyl groups excluding tert-OH is 9. The summed E-state index contributed by atoms with van der Waals surface area (Å²) in [6, 6.07) is 0. The molecule has 0 radical (unpaired) electrons. The maximum Gasteiger partial charge on any atom is 0.187 e. The van der Waals surface area contributed by atoms with Gasteiger partial charge in [-0.25, -0.2) is 0 Å². The average molecular weight is 785 g/mol. The maximum atomic E-state index is 12.1. The van der Waals surface area contributed by atoms with E-state index in [-0.39, 0.29) is 40.6 Å². The Morgan fingerprint density at radius 3 is 2.15 bits per heavy atom. The largest absolute Gasteiger partial charge is 0.394 e. The summed E-state index contributed by atoms with van der Waals surface area (Å²) in [4.78, 5) is 0. The third kappa shape index (κ3) is 7.10. The zero-order chi connectivity index (χ0) is 40.6. The van der Waals surface area contributed by atoms with E-state index in [4.69, 9.17) is 18.9 Å². The number of aliphatic hydroxyl groups is 9. The first-order valence-corrected chi connectivity index (χ1v) is 20.9. The second-order valence-electron chi connectivity index (χ2n) is 20.0. The van der Waals surface area contributed by atoms with Crippen molar-refractivity contribution in [2.75, 3.05) is 13.2 Å². The highest BCUT2D eigenvalue weighted by Gasteiger charge is 2.71. The van der Waals surface area contributed by atoms with Crippen LogP contribution in [-0.2, 0) is 18.9 Å². The highest BCUT2D eigenvalue weighted by Crippen LogP contribution is 2.76. The van der Waals surface area contributed by atoms with E-state index in [0.29, 0.717) is 25.2 Å². The van der Waals surface area contributed by atoms with Crippen LogP contribution in [-0.4, -0.2) is 138 Å². The molecule has 0 bridgehead atoms. The van der Waals surface area contributed by atoms with Gasteiger partial charge in [0, 0.05) is 0 Å². The lowest BCUT2D eigenvalue weighted by Crippen LogP contribution is -2.68. The van der Waals surface area contributed by atoms with Gasteiger partial charge in [-0.1, -0.05) is 46.3 Å². The summed E-state index contributed by atoms with van der Waals surface area (Å²) >= 11 is 0. The molecule has 2 saturated heterocycles. The van der Waals surface area contributed by atoms with Crippen LogP contribution in [0.2, 0.25) is 0 Å². The lowest BCUT2D eigenvalue weighted by atomic mass is 9.35. The monoisotopic (exact) mass is 784 g/mol. The lowest BCUT2D eigenvalue weighted by molar-refractivity contribution is -0.379. The van der Waals surface area contributed by atoms with E-state index >= 15 is 0 Å². The molecule has 13 heteroatoms. The van der Waals surface area contributed by atoms with Crippen LogP contribution >= 0.6 is 0 Å². The molecule has 13 nitrogen and oxygen atoms in total. The van der Waals surface area contributed by atoms with Crippen molar-refractivity contribution in [3.63, 3.8) is 0 Å². The summed E-state index contributed by atoms with van der Waals surface area (Å²) in [6.45, 7) is 16.1. The van der Waals surface area contributed by atoms with Gasteiger partial charge in [0.15, 0.2) is 12.6 Å². The fraction of sp³-hybridized carbons (Fsp3) is 0.952. The van der Waals surface area contributed by atoms with E-state index in [2.05, 4.69) is 34.6 Å². The van der Waals surface area contributed by atoms with Crippen LogP contribution in [0.3, 0.4) is 0 Å². The molecule has 6 rings (SSSR count). The van der Waals surface area contributed by atoms with E-state index < -0.39 is 91.2 Å². The van der Waals surface area contributed by atoms with Gasteiger partial charge in [0.05, 0.1) is 37.1 Å². The molecule has 0 aromatic carbocycles. The first-order chi connectivity index (χ1) is 25.6. The first-order valence-electron chi connectivity index (χ1n) is 20.9. The van der Waals surface area contributed by atoms with Gasteiger partial charge in [-0.3, -0.25) is 0 Å². The number of hydrogen-bond donors (Lipinski definition) is 9. The number of allylic oxidation sites excluding steroid dienone is 1. The lowest BCUT2D eigenvalue weighted by Gasteiger charge is -2.71. The Morgan fingerprint density at radius 1 is 0.800 bits per heavy atom. The average Bonchev–Trinajstić information content (AvgIpc) is 3.49. The molecule has 4 aliphatic carbocycles. The second kappa shape index (κ2) is 15.7. The Bertz CT molecular complexity index is 1380. The standard InChI is InChI=1S/C42H72O13/c1-21(19-43)10-9-15-42(8,55-37-34(32(50)30(48)26(20-44)53-37)54-36-33(51)31(49)29(47)22(2)52-36)24-13-17-40(6)23(24)11-12-27-39(5)16-14-28(46)38(3,4)35(39)25(45)18-41(27,40)7/h10,22-37,43-51H,9,11-20H2,1-8H3. The summed E-state index contributed by atoms with van der Waals surface area (Å²) in [6.07, 6.45) is -6.30. The van der Waals surface area contributed by atoms with Gasteiger partial charge >= 0.3 is 0 Å². The van der Waals surface area contributed by atoms with Crippen LogP contribution in [0.5, 0.6) is 0 Å². The van der Waals surface area contributed by atoms with Crippen LogP contribution in [0.4, 0.5) is 0 Å². The van der Waals surface area contributed by atoms with Gasteiger partial charge in [0.2, 0.25) is 0 Å². The molecule has 2 heterocycles. The molecule has 0 aromatic heterocycles. The third-order valence-corrected chi connectivity index (χ3v) is 16.7. The highest BCUT2D eigenvalue weighted by atomic mass is 16.8. The van der Waals surface area contributed by atoms with E-state index in [1.807, 2.05) is 19.9 Å². The van der Waals surface area contributed by atoms with Crippen molar-refractivity contribution in [3.8, 4) is 0 Å². The molecule has 318 valence electrons. The van der Waals surface area contributed by atoms with E-state index in [1.54, 1.807) is 0 Å². The van der Waals surface area contributed by atoms with Crippen LogP contribution < -0.4 is 0 Å². The van der Waals surface area contributed by atoms with Gasteiger partial charge in [0.25, 0.3) is 0 Å². The molecule has 4 saturated carbocycles. The smallest absolute Gasteiger partial charge is 0.187 e. The minimum absolute atomic E-state index is 0.0141. The predicted molar refractivity (Wildman–Crippen MR) is 201 cm³/mol. The number of ether oxygens (including phenoxy) is 4. The predicted octanol–water partition coefficient (Wildman–Crippen LogP) is 2.15. The number of hydrogen-bond acceptors (Lipinski definition) is 13. The van der Waals surface area contributed by atoms with E-state index in [9.17, 15) is 46.0 Å². The van der Waals surface area contributed by atoms with Crippen LogP contribution in [0, 0.1) is 45.3 Å². The molecule has 20 atom stereocenters. The Kier molecular flexibility index (Phi) is 12.5. The van der Waals surface area contributed by atoms with Gasteiger partial charge in [0.1, 0.15) is 42.7 Å². The van der Waals surface area contributed by atoms with Crippen LogP contribution in [0.15, 0.2) is 11.6 Å². The van der Waals surface area contributed by atoms with Crippen molar-refractivity contribution < 1.29 is 64.9 Å². The maximum absolute atomic E-state index is 12.1. The summed E-state index contributed by atoms with van der Waals surface area (Å²) in [5.41, 5.74) is -1.02. The molecule has 55 heavy (non-hydrogen) atoms. The van der Waals surface area contributed by atoms with Crippen molar-refractivity contribution in [1.82, 2.24) is 0 Å². The van der Waals surface area contributed by atoms with Gasteiger partial charge < -0.3 is 64.9 Å². The third-order valence-electron chi connectivity index (χ3n) is 16.7. The molecule has 6 aliphatic rings. The van der Waals surface area contributed by atoms with Crippen molar-refractivity contribution >= 4 is 0 Å². The molecular weight excluding hydrogens is 712 g/mol. The molecular formula is C42H72O13. The normalized spacial score (nSPS) is 52.5. The zero-order valence-corrected chi connectivity index (χ0v) is 34.3. The fourth-order valence-corrected chi connectivity index (χ4v) is 13.5. The van der Waals surface area contributed by atoms with Gasteiger partial charge in [-0.05, 0) is 124 Å². The van der Waals surface area contributed by atoms with Crippen molar-refractivity contribution in [3.05, 3.63) is 11.6 Å². The molecule has 2 aliphatic heterocycles. The van der Waals surface area contributed by atoms with E-state index in [1.165, 1.54) is 6.92 Å². The molecule has 6 fully saturated rings. The van der Waals surface area contributed by atoms with Gasteiger partial charge in [-0.15, -0.1) is 0 Å². The van der Waals surface area contributed by atoms with E-state index in [0.717, 1.165) is 44.1 Å². The van der Waals surface area contributed by atoms with Crippen molar-refractivity contribution in [1.29, 1.82) is 0 Å². The number of rotatable bonds is 10. The van der Waals surface area contributed by atoms with Gasteiger partial charge in [-0.2, -0.15) is 0 Å². The first kappa shape index (κ1) is 43.8. The molecule has 0 aromatic rings.